The van der Waals surface area contributed by atoms with Crippen molar-refractivity contribution in [3.63, 3.8) is 0 Å². The maximum Gasteiger partial charge on any atom is 0.141 e. The van der Waals surface area contributed by atoms with Crippen molar-refractivity contribution in [1.82, 2.24) is 4.98 Å². The average Bonchev–Trinajstić information content (AvgIpc) is 2.39. The molecule has 0 radical (unpaired) electrons. The van der Waals surface area contributed by atoms with Crippen LogP contribution in [0.5, 0.6) is 5.75 Å². The van der Waals surface area contributed by atoms with E-state index in [1.165, 1.54) is 11.1 Å². The Labute approximate surface area is 108 Å². The van der Waals surface area contributed by atoms with Gasteiger partial charge < -0.3 is 10.5 Å². The van der Waals surface area contributed by atoms with Crippen molar-refractivity contribution in [2.75, 3.05) is 0 Å². The van der Waals surface area contributed by atoms with Crippen LogP contribution in [0.2, 0.25) is 0 Å². The second kappa shape index (κ2) is 5.65. The first-order valence-electron chi connectivity index (χ1n) is 6.03. The molecule has 2 aromatic rings. The lowest BCUT2D eigenvalue weighted by atomic mass is 10.1. The van der Waals surface area contributed by atoms with Gasteiger partial charge in [0, 0.05) is 12.7 Å². The minimum absolute atomic E-state index is 0.559. The average molecular weight is 242 g/mol. The van der Waals surface area contributed by atoms with Gasteiger partial charge in [-0.3, -0.25) is 4.98 Å². The minimum atomic E-state index is 0.559. The van der Waals surface area contributed by atoms with E-state index in [4.69, 9.17) is 10.5 Å². The SMILES string of the molecule is Cc1cc(CN)ccc1COc1cccnc1C. The molecule has 0 aliphatic rings. The van der Waals surface area contributed by atoms with E-state index in [1.54, 1.807) is 6.20 Å². The molecule has 0 saturated heterocycles. The third-order valence-corrected chi connectivity index (χ3v) is 2.98. The Morgan fingerprint density at radius 2 is 2.06 bits per heavy atom. The molecule has 18 heavy (non-hydrogen) atoms. The molecule has 1 aromatic heterocycles. The normalized spacial score (nSPS) is 10.4. The quantitative estimate of drug-likeness (QED) is 0.896. The van der Waals surface area contributed by atoms with Gasteiger partial charge in [0.05, 0.1) is 5.69 Å². The van der Waals surface area contributed by atoms with Crippen LogP contribution in [0.4, 0.5) is 0 Å². The molecule has 3 nitrogen and oxygen atoms in total. The molecular formula is C15H18N2O. The number of hydrogen-bond donors (Lipinski definition) is 1. The predicted octanol–water partition coefficient (Wildman–Crippen LogP) is 2.74. The van der Waals surface area contributed by atoms with E-state index in [2.05, 4.69) is 24.0 Å². The summed E-state index contributed by atoms with van der Waals surface area (Å²) in [6.45, 7) is 5.15. The highest BCUT2D eigenvalue weighted by Gasteiger charge is 2.03. The molecule has 0 atom stereocenters. The molecular weight excluding hydrogens is 224 g/mol. The molecule has 0 bridgehead atoms. The van der Waals surface area contributed by atoms with Gasteiger partial charge in [-0.2, -0.15) is 0 Å². The largest absolute Gasteiger partial charge is 0.487 e. The lowest BCUT2D eigenvalue weighted by molar-refractivity contribution is 0.301. The van der Waals surface area contributed by atoms with E-state index in [-0.39, 0.29) is 0 Å². The second-order valence-electron chi connectivity index (χ2n) is 4.34. The van der Waals surface area contributed by atoms with Crippen molar-refractivity contribution >= 4 is 0 Å². The molecule has 0 unspecified atom stereocenters. The van der Waals surface area contributed by atoms with E-state index in [0.717, 1.165) is 17.0 Å². The molecule has 0 amide bonds. The molecule has 0 aliphatic carbocycles. The van der Waals surface area contributed by atoms with Crippen LogP contribution < -0.4 is 10.5 Å². The number of benzene rings is 1. The zero-order chi connectivity index (χ0) is 13.0. The molecule has 3 heteroatoms. The van der Waals surface area contributed by atoms with Gasteiger partial charge in [-0.15, -0.1) is 0 Å². The van der Waals surface area contributed by atoms with E-state index in [9.17, 15) is 0 Å². The number of aromatic nitrogens is 1. The Hall–Kier alpha value is -1.87. The summed E-state index contributed by atoms with van der Waals surface area (Å²) in [7, 11) is 0. The molecule has 2 rings (SSSR count). The Bertz CT molecular complexity index is 538. The predicted molar refractivity (Wildman–Crippen MR) is 72.4 cm³/mol. The highest BCUT2D eigenvalue weighted by atomic mass is 16.5. The summed E-state index contributed by atoms with van der Waals surface area (Å²) in [5.74, 6) is 0.833. The maximum atomic E-state index is 5.78. The summed E-state index contributed by atoms with van der Waals surface area (Å²) in [4.78, 5) is 4.20. The Morgan fingerprint density at radius 3 is 2.72 bits per heavy atom. The molecule has 0 fully saturated rings. The molecule has 1 aromatic carbocycles. The molecule has 0 spiro atoms. The van der Waals surface area contributed by atoms with Crippen molar-refractivity contribution in [3.8, 4) is 5.75 Å². The number of rotatable bonds is 4. The van der Waals surface area contributed by atoms with Gasteiger partial charge in [0.2, 0.25) is 0 Å². The van der Waals surface area contributed by atoms with Crippen molar-refractivity contribution in [1.29, 1.82) is 0 Å². The summed E-state index contributed by atoms with van der Waals surface area (Å²) in [5, 5.41) is 0. The summed E-state index contributed by atoms with van der Waals surface area (Å²) in [6.07, 6.45) is 1.77. The number of aryl methyl sites for hydroxylation is 2. The number of nitrogens with zero attached hydrogens (tertiary/aromatic N) is 1. The van der Waals surface area contributed by atoms with Crippen molar-refractivity contribution in [3.05, 3.63) is 58.9 Å². The van der Waals surface area contributed by atoms with E-state index in [1.807, 2.05) is 25.1 Å². The Balaban J connectivity index is 2.09. The zero-order valence-corrected chi connectivity index (χ0v) is 10.8. The number of ether oxygens (including phenoxy) is 1. The van der Waals surface area contributed by atoms with Gasteiger partial charge in [0.25, 0.3) is 0 Å². The van der Waals surface area contributed by atoms with Gasteiger partial charge >= 0.3 is 0 Å². The molecule has 0 aliphatic heterocycles. The highest BCUT2D eigenvalue weighted by Crippen LogP contribution is 2.17. The number of pyridine rings is 1. The van der Waals surface area contributed by atoms with Gasteiger partial charge in [0.15, 0.2) is 0 Å². The summed E-state index contributed by atoms with van der Waals surface area (Å²) >= 11 is 0. The minimum Gasteiger partial charge on any atom is -0.487 e. The van der Waals surface area contributed by atoms with Crippen LogP contribution in [0.25, 0.3) is 0 Å². The van der Waals surface area contributed by atoms with Gasteiger partial charge in [-0.05, 0) is 42.7 Å². The lowest BCUT2D eigenvalue weighted by Crippen LogP contribution is -2.02. The standard InChI is InChI=1S/C15H18N2O/c1-11-8-13(9-16)5-6-14(11)10-18-15-4-3-7-17-12(15)2/h3-8H,9-10,16H2,1-2H3. The summed E-state index contributed by atoms with van der Waals surface area (Å²) < 4.78 is 5.78. The van der Waals surface area contributed by atoms with Gasteiger partial charge in [-0.25, -0.2) is 0 Å². The van der Waals surface area contributed by atoms with E-state index < -0.39 is 0 Å². The van der Waals surface area contributed by atoms with Crippen LogP contribution in [0, 0.1) is 13.8 Å². The van der Waals surface area contributed by atoms with Crippen molar-refractivity contribution in [2.24, 2.45) is 5.73 Å². The van der Waals surface area contributed by atoms with Crippen molar-refractivity contribution < 1.29 is 4.74 Å². The molecule has 94 valence electrons. The first-order chi connectivity index (χ1) is 8.70. The fourth-order valence-corrected chi connectivity index (χ4v) is 1.82. The monoisotopic (exact) mass is 242 g/mol. The van der Waals surface area contributed by atoms with Crippen LogP contribution in [-0.4, -0.2) is 4.98 Å². The summed E-state index contributed by atoms with van der Waals surface area (Å²) in [6, 6.07) is 10.0. The summed E-state index contributed by atoms with van der Waals surface area (Å²) in [5.41, 5.74) is 10.1. The topological polar surface area (TPSA) is 48.1 Å². The molecule has 0 saturated carbocycles. The van der Waals surface area contributed by atoms with Gasteiger partial charge in [-0.1, -0.05) is 18.2 Å². The second-order valence-corrected chi connectivity index (χ2v) is 4.34. The first-order valence-corrected chi connectivity index (χ1v) is 6.03. The third-order valence-electron chi connectivity index (χ3n) is 2.98. The van der Waals surface area contributed by atoms with Crippen LogP contribution in [0.1, 0.15) is 22.4 Å². The van der Waals surface area contributed by atoms with Crippen LogP contribution in [0.15, 0.2) is 36.5 Å². The highest BCUT2D eigenvalue weighted by molar-refractivity contribution is 5.32. The fourth-order valence-electron chi connectivity index (χ4n) is 1.82. The third kappa shape index (κ3) is 2.87. The van der Waals surface area contributed by atoms with E-state index >= 15 is 0 Å². The Morgan fingerprint density at radius 1 is 1.22 bits per heavy atom. The lowest BCUT2D eigenvalue weighted by Gasteiger charge is -2.11. The van der Waals surface area contributed by atoms with Crippen molar-refractivity contribution in [2.45, 2.75) is 27.0 Å². The maximum absolute atomic E-state index is 5.78. The van der Waals surface area contributed by atoms with Gasteiger partial charge in [0.1, 0.15) is 12.4 Å². The van der Waals surface area contributed by atoms with E-state index in [0.29, 0.717) is 13.2 Å². The van der Waals surface area contributed by atoms with Crippen LogP contribution >= 0.6 is 0 Å². The smallest absolute Gasteiger partial charge is 0.141 e. The fraction of sp³-hybridized carbons (Fsp3) is 0.267. The molecule has 2 N–H and O–H groups in total. The van der Waals surface area contributed by atoms with Crippen LogP contribution in [0.3, 0.4) is 0 Å². The Kier molecular flexibility index (Phi) is 3.95. The van der Waals surface area contributed by atoms with Crippen LogP contribution in [-0.2, 0) is 13.2 Å². The first kappa shape index (κ1) is 12.6. The molecule has 1 heterocycles. The number of hydrogen-bond acceptors (Lipinski definition) is 3. The number of nitrogens with two attached hydrogens (primary N) is 1. The zero-order valence-electron chi connectivity index (χ0n) is 10.8.